The van der Waals surface area contributed by atoms with Crippen molar-refractivity contribution < 1.29 is 9.50 Å². The molecule has 0 spiro atoms. The van der Waals surface area contributed by atoms with Gasteiger partial charge in [-0.05, 0) is 27.9 Å². The summed E-state index contributed by atoms with van der Waals surface area (Å²) in [5.41, 5.74) is 6.73. The second-order valence-corrected chi connectivity index (χ2v) is 4.38. The van der Waals surface area contributed by atoms with Gasteiger partial charge in [-0.25, -0.2) is 4.39 Å². The second kappa shape index (κ2) is 5.32. The number of benzene rings is 1. The van der Waals surface area contributed by atoms with Gasteiger partial charge in [0.2, 0.25) is 0 Å². The highest BCUT2D eigenvalue weighted by molar-refractivity contribution is 9.10. The van der Waals surface area contributed by atoms with Crippen LogP contribution in [0.1, 0.15) is 6.92 Å². The molecule has 0 fully saturated rings. The van der Waals surface area contributed by atoms with Crippen molar-refractivity contribution in [2.45, 2.75) is 6.92 Å². The molecule has 84 valence electrons. The molecule has 0 bridgehead atoms. The van der Waals surface area contributed by atoms with E-state index < -0.39 is 0 Å². The van der Waals surface area contributed by atoms with Crippen molar-refractivity contribution in [2.24, 2.45) is 5.92 Å². The van der Waals surface area contributed by atoms with Crippen LogP contribution < -0.4 is 11.1 Å². The highest BCUT2D eigenvalue weighted by Crippen LogP contribution is 2.26. The summed E-state index contributed by atoms with van der Waals surface area (Å²) < 4.78 is 13.5. The lowest BCUT2D eigenvalue weighted by Gasteiger charge is -2.13. The first kappa shape index (κ1) is 12.3. The van der Waals surface area contributed by atoms with Crippen LogP contribution in [0.2, 0.25) is 0 Å². The molecule has 0 amide bonds. The van der Waals surface area contributed by atoms with Gasteiger partial charge in [0, 0.05) is 19.2 Å². The van der Waals surface area contributed by atoms with Crippen LogP contribution in [0.5, 0.6) is 0 Å². The minimum atomic E-state index is -0.358. The Morgan fingerprint density at radius 1 is 1.60 bits per heavy atom. The molecule has 0 saturated heterocycles. The van der Waals surface area contributed by atoms with Gasteiger partial charge in [-0.1, -0.05) is 6.92 Å². The van der Waals surface area contributed by atoms with Crippen LogP contribution >= 0.6 is 15.9 Å². The fourth-order valence-corrected chi connectivity index (χ4v) is 1.43. The van der Waals surface area contributed by atoms with Crippen molar-refractivity contribution in [1.82, 2.24) is 0 Å². The van der Waals surface area contributed by atoms with E-state index in [1.54, 1.807) is 0 Å². The van der Waals surface area contributed by atoms with Crippen molar-refractivity contribution >= 4 is 27.3 Å². The quantitative estimate of drug-likeness (QED) is 0.739. The molecule has 0 aromatic heterocycles. The molecule has 0 aliphatic heterocycles. The summed E-state index contributed by atoms with van der Waals surface area (Å²) in [7, 11) is 0. The van der Waals surface area contributed by atoms with E-state index >= 15 is 0 Å². The average Bonchev–Trinajstić information content (AvgIpc) is 2.21. The van der Waals surface area contributed by atoms with Crippen LogP contribution in [0.15, 0.2) is 16.6 Å². The maximum absolute atomic E-state index is 13.2. The molecule has 3 nitrogen and oxygen atoms in total. The van der Waals surface area contributed by atoms with Crippen molar-refractivity contribution in [3.63, 3.8) is 0 Å². The molecule has 1 atom stereocenters. The minimum Gasteiger partial charge on any atom is -0.397 e. The van der Waals surface area contributed by atoms with Crippen LogP contribution in [0, 0.1) is 11.7 Å². The molecule has 1 rings (SSSR count). The Morgan fingerprint density at radius 2 is 2.27 bits per heavy atom. The van der Waals surface area contributed by atoms with Gasteiger partial charge in [0.15, 0.2) is 0 Å². The standard InChI is InChI=1S/C10H14BrFN2O/c1-6(5-15)4-14-10-3-8(12)7(11)2-9(10)13/h2-3,6,14-15H,4-5,13H2,1H3. The van der Waals surface area contributed by atoms with Gasteiger partial charge in [0.1, 0.15) is 5.82 Å². The van der Waals surface area contributed by atoms with Gasteiger partial charge < -0.3 is 16.2 Å². The van der Waals surface area contributed by atoms with E-state index in [-0.39, 0.29) is 18.3 Å². The van der Waals surface area contributed by atoms with Gasteiger partial charge in [0.25, 0.3) is 0 Å². The number of anilines is 2. The number of nitrogens with two attached hydrogens (primary N) is 1. The summed E-state index contributed by atoms with van der Waals surface area (Å²) in [6.07, 6.45) is 0. The maximum atomic E-state index is 13.2. The number of hydrogen-bond acceptors (Lipinski definition) is 3. The van der Waals surface area contributed by atoms with E-state index in [0.717, 1.165) is 0 Å². The van der Waals surface area contributed by atoms with E-state index in [0.29, 0.717) is 22.4 Å². The first-order valence-corrected chi connectivity index (χ1v) is 5.43. The van der Waals surface area contributed by atoms with Crippen molar-refractivity contribution in [1.29, 1.82) is 0 Å². The number of hydrogen-bond donors (Lipinski definition) is 3. The minimum absolute atomic E-state index is 0.0892. The lowest BCUT2D eigenvalue weighted by atomic mass is 10.2. The molecular formula is C10H14BrFN2O. The third kappa shape index (κ3) is 3.35. The summed E-state index contributed by atoms with van der Waals surface area (Å²) in [5, 5.41) is 11.8. The van der Waals surface area contributed by atoms with E-state index in [9.17, 15) is 4.39 Å². The molecule has 5 heteroatoms. The molecule has 0 radical (unpaired) electrons. The number of nitrogens with one attached hydrogen (secondary N) is 1. The lowest BCUT2D eigenvalue weighted by Crippen LogP contribution is -2.15. The van der Waals surface area contributed by atoms with Crippen LogP contribution in [-0.2, 0) is 0 Å². The Labute approximate surface area is 96.6 Å². The third-order valence-corrected chi connectivity index (χ3v) is 2.65. The first-order chi connectivity index (χ1) is 7.04. The highest BCUT2D eigenvalue weighted by atomic mass is 79.9. The van der Waals surface area contributed by atoms with Gasteiger partial charge in [-0.15, -0.1) is 0 Å². The van der Waals surface area contributed by atoms with E-state index in [1.165, 1.54) is 12.1 Å². The van der Waals surface area contributed by atoms with Crippen LogP contribution in [-0.4, -0.2) is 18.3 Å². The number of aliphatic hydroxyl groups is 1. The summed E-state index contributed by atoms with van der Waals surface area (Å²) in [4.78, 5) is 0. The lowest BCUT2D eigenvalue weighted by molar-refractivity contribution is 0.244. The van der Waals surface area contributed by atoms with Crippen molar-refractivity contribution in [2.75, 3.05) is 24.2 Å². The smallest absolute Gasteiger partial charge is 0.139 e. The van der Waals surface area contributed by atoms with Gasteiger partial charge >= 0.3 is 0 Å². The summed E-state index contributed by atoms with van der Waals surface area (Å²) in [5.74, 6) is -0.251. The van der Waals surface area contributed by atoms with Gasteiger partial charge in [-0.2, -0.15) is 0 Å². The van der Waals surface area contributed by atoms with Crippen molar-refractivity contribution in [3.05, 3.63) is 22.4 Å². The Balaban J connectivity index is 2.73. The van der Waals surface area contributed by atoms with Crippen LogP contribution in [0.3, 0.4) is 0 Å². The molecule has 0 heterocycles. The SMILES string of the molecule is CC(CO)CNc1cc(F)c(Br)cc1N. The van der Waals surface area contributed by atoms with Gasteiger partial charge in [0.05, 0.1) is 15.8 Å². The zero-order chi connectivity index (χ0) is 11.4. The van der Waals surface area contributed by atoms with E-state index in [4.69, 9.17) is 10.8 Å². The van der Waals surface area contributed by atoms with Gasteiger partial charge in [-0.3, -0.25) is 0 Å². The monoisotopic (exact) mass is 276 g/mol. The van der Waals surface area contributed by atoms with Crippen molar-refractivity contribution in [3.8, 4) is 0 Å². The fourth-order valence-electron chi connectivity index (χ4n) is 1.06. The predicted octanol–water partition coefficient (Wildman–Crippen LogP) is 2.21. The molecule has 0 aliphatic carbocycles. The van der Waals surface area contributed by atoms with E-state index in [1.807, 2.05) is 6.92 Å². The molecule has 0 saturated carbocycles. The highest BCUT2D eigenvalue weighted by Gasteiger charge is 2.06. The topological polar surface area (TPSA) is 58.3 Å². The molecule has 1 aromatic rings. The molecule has 0 aliphatic rings. The normalized spacial score (nSPS) is 12.5. The summed E-state index contributed by atoms with van der Waals surface area (Å²) >= 11 is 3.05. The molecule has 1 unspecified atom stereocenters. The summed E-state index contributed by atoms with van der Waals surface area (Å²) in [6.45, 7) is 2.53. The Bertz CT molecular complexity index is 346. The molecule has 4 N–H and O–H groups in total. The zero-order valence-corrected chi connectivity index (χ0v) is 10.0. The zero-order valence-electron chi connectivity index (χ0n) is 8.43. The number of nitrogen functional groups attached to an aromatic ring is 1. The van der Waals surface area contributed by atoms with Crippen LogP contribution in [0.25, 0.3) is 0 Å². The molecular weight excluding hydrogens is 263 g/mol. The second-order valence-electron chi connectivity index (χ2n) is 3.52. The fraction of sp³-hybridized carbons (Fsp3) is 0.400. The Hall–Kier alpha value is -0.810. The third-order valence-electron chi connectivity index (χ3n) is 2.05. The largest absolute Gasteiger partial charge is 0.397 e. The number of aliphatic hydroxyl groups excluding tert-OH is 1. The summed E-state index contributed by atoms with van der Waals surface area (Å²) in [6, 6.07) is 2.85. The first-order valence-electron chi connectivity index (χ1n) is 4.63. The Morgan fingerprint density at radius 3 is 2.87 bits per heavy atom. The number of halogens is 2. The Kier molecular flexibility index (Phi) is 4.35. The maximum Gasteiger partial charge on any atom is 0.139 e. The molecule has 1 aromatic carbocycles. The van der Waals surface area contributed by atoms with E-state index in [2.05, 4.69) is 21.2 Å². The van der Waals surface area contributed by atoms with Crippen LogP contribution in [0.4, 0.5) is 15.8 Å². The molecule has 15 heavy (non-hydrogen) atoms. The number of rotatable bonds is 4. The average molecular weight is 277 g/mol. The predicted molar refractivity (Wildman–Crippen MR) is 63.3 cm³/mol.